The molecular weight excluding hydrogens is 172 g/mol. The summed E-state index contributed by atoms with van der Waals surface area (Å²) in [5.74, 6) is 0. The maximum Gasteiger partial charge on any atom is 0.0204 e. The summed E-state index contributed by atoms with van der Waals surface area (Å²) < 4.78 is 0. The Kier molecular flexibility index (Phi) is 2.29. The van der Waals surface area contributed by atoms with Gasteiger partial charge in [-0.3, -0.25) is 0 Å². The molecule has 14 heavy (non-hydrogen) atoms. The van der Waals surface area contributed by atoms with Gasteiger partial charge in [0.1, 0.15) is 0 Å². The lowest BCUT2D eigenvalue weighted by atomic mass is 9.63. The molecule has 3 aliphatic rings. The van der Waals surface area contributed by atoms with E-state index in [1.807, 2.05) is 0 Å². The normalized spacial score (nSPS) is 39.4. The van der Waals surface area contributed by atoms with E-state index >= 15 is 0 Å². The molecule has 2 heteroatoms. The van der Waals surface area contributed by atoms with Crippen LogP contribution in [0.15, 0.2) is 0 Å². The maximum absolute atomic E-state index is 3.79. The molecule has 1 spiro atoms. The minimum atomic E-state index is 0.754. The van der Waals surface area contributed by atoms with Crippen molar-refractivity contribution < 1.29 is 0 Å². The van der Waals surface area contributed by atoms with Crippen molar-refractivity contribution in [2.24, 2.45) is 5.41 Å². The van der Waals surface area contributed by atoms with Crippen LogP contribution in [0.2, 0.25) is 0 Å². The van der Waals surface area contributed by atoms with Crippen LogP contribution in [0, 0.1) is 5.41 Å². The van der Waals surface area contributed by atoms with Crippen LogP contribution in [0.4, 0.5) is 0 Å². The monoisotopic (exact) mass is 194 g/mol. The van der Waals surface area contributed by atoms with Crippen LogP contribution in [0.25, 0.3) is 0 Å². The van der Waals surface area contributed by atoms with Gasteiger partial charge in [0.15, 0.2) is 0 Å². The van der Waals surface area contributed by atoms with Crippen LogP contribution in [0.5, 0.6) is 0 Å². The van der Waals surface area contributed by atoms with Gasteiger partial charge in [0, 0.05) is 18.6 Å². The Balaban J connectivity index is 1.48. The van der Waals surface area contributed by atoms with Crippen LogP contribution in [-0.2, 0) is 0 Å². The molecule has 1 aliphatic heterocycles. The summed E-state index contributed by atoms with van der Waals surface area (Å²) in [7, 11) is 0. The predicted molar refractivity (Wildman–Crippen MR) is 58.3 cm³/mol. The minimum Gasteiger partial charge on any atom is -0.313 e. The zero-order valence-corrected chi connectivity index (χ0v) is 9.02. The Labute approximate surface area is 86.8 Å². The van der Waals surface area contributed by atoms with Crippen molar-refractivity contribution in [3.05, 3.63) is 0 Å². The Morgan fingerprint density at radius 2 is 1.93 bits per heavy atom. The molecule has 0 amide bonds. The second-order valence-corrected chi connectivity index (χ2v) is 5.51. The molecule has 3 rings (SSSR count). The lowest BCUT2D eigenvalue weighted by Crippen LogP contribution is -2.57. The first-order valence-corrected chi connectivity index (χ1v) is 6.36. The van der Waals surface area contributed by atoms with Crippen molar-refractivity contribution in [2.45, 2.75) is 57.0 Å². The highest BCUT2D eigenvalue weighted by atomic mass is 15.1. The zero-order chi connectivity index (χ0) is 9.43. The fourth-order valence-corrected chi connectivity index (χ4v) is 3.50. The second-order valence-electron chi connectivity index (χ2n) is 5.51. The van der Waals surface area contributed by atoms with Gasteiger partial charge in [-0.2, -0.15) is 0 Å². The minimum absolute atomic E-state index is 0.754. The van der Waals surface area contributed by atoms with E-state index in [0.29, 0.717) is 0 Å². The van der Waals surface area contributed by atoms with Crippen LogP contribution < -0.4 is 10.6 Å². The van der Waals surface area contributed by atoms with Gasteiger partial charge in [-0.15, -0.1) is 0 Å². The van der Waals surface area contributed by atoms with Crippen molar-refractivity contribution in [1.82, 2.24) is 10.6 Å². The third-order valence-electron chi connectivity index (χ3n) is 4.81. The van der Waals surface area contributed by atoms with Gasteiger partial charge in [-0.25, -0.2) is 0 Å². The molecule has 2 N–H and O–H groups in total. The van der Waals surface area contributed by atoms with E-state index in [9.17, 15) is 0 Å². The Bertz CT molecular complexity index is 204. The Hall–Kier alpha value is -0.0800. The first-order valence-electron chi connectivity index (χ1n) is 6.36. The van der Waals surface area contributed by atoms with E-state index in [2.05, 4.69) is 10.6 Å². The lowest BCUT2D eigenvalue weighted by molar-refractivity contribution is 0.0690. The van der Waals surface area contributed by atoms with Gasteiger partial charge in [0.25, 0.3) is 0 Å². The molecule has 2 nitrogen and oxygen atoms in total. The summed E-state index contributed by atoms with van der Waals surface area (Å²) in [6.07, 6.45) is 10.3. The van der Waals surface area contributed by atoms with Gasteiger partial charge < -0.3 is 10.6 Å². The molecule has 2 unspecified atom stereocenters. The first kappa shape index (κ1) is 9.17. The molecule has 0 bridgehead atoms. The largest absolute Gasteiger partial charge is 0.313 e. The smallest absolute Gasteiger partial charge is 0.0204 e. The van der Waals surface area contributed by atoms with Crippen molar-refractivity contribution >= 4 is 0 Å². The highest BCUT2D eigenvalue weighted by Gasteiger charge is 2.47. The van der Waals surface area contributed by atoms with Crippen molar-refractivity contribution in [2.75, 3.05) is 13.1 Å². The highest BCUT2D eigenvalue weighted by Crippen LogP contribution is 2.53. The second kappa shape index (κ2) is 3.49. The summed E-state index contributed by atoms with van der Waals surface area (Å²) >= 11 is 0. The molecule has 1 heterocycles. The average molecular weight is 194 g/mol. The molecule has 3 fully saturated rings. The van der Waals surface area contributed by atoms with Crippen LogP contribution in [-0.4, -0.2) is 25.2 Å². The molecule has 0 aromatic rings. The third-order valence-corrected chi connectivity index (χ3v) is 4.81. The molecule has 2 aliphatic carbocycles. The van der Waals surface area contributed by atoms with Crippen molar-refractivity contribution in [1.29, 1.82) is 0 Å². The fourth-order valence-electron chi connectivity index (χ4n) is 3.50. The van der Waals surface area contributed by atoms with Crippen LogP contribution in [0.3, 0.4) is 0 Å². The number of nitrogens with one attached hydrogen (secondary N) is 2. The predicted octanol–water partition coefficient (Wildman–Crippen LogP) is 1.66. The van der Waals surface area contributed by atoms with Crippen LogP contribution >= 0.6 is 0 Å². The number of hydrogen-bond acceptors (Lipinski definition) is 2. The Morgan fingerprint density at radius 3 is 2.43 bits per heavy atom. The third kappa shape index (κ3) is 1.40. The number of rotatable bonds is 3. The van der Waals surface area contributed by atoms with Crippen molar-refractivity contribution in [3.63, 3.8) is 0 Å². The lowest BCUT2D eigenvalue weighted by Gasteiger charge is -2.49. The van der Waals surface area contributed by atoms with E-state index in [-0.39, 0.29) is 0 Å². The number of hydrogen-bond donors (Lipinski definition) is 2. The molecule has 0 aromatic carbocycles. The van der Waals surface area contributed by atoms with E-state index in [1.165, 1.54) is 58.0 Å². The van der Waals surface area contributed by atoms with E-state index in [4.69, 9.17) is 0 Å². The van der Waals surface area contributed by atoms with Gasteiger partial charge in [-0.05, 0) is 44.1 Å². The zero-order valence-electron chi connectivity index (χ0n) is 9.02. The Morgan fingerprint density at radius 1 is 1.14 bits per heavy atom. The van der Waals surface area contributed by atoms with E-state index in [0.717, 1.165) is 17.5 Å². The molecule has 0 aromatic heterocycles. The molecule has 80 valence electrons. The topological polar surface area (TPSA) is 24.1 Å². The average Bonchev–Trinajstić information content (AvgIpc) is 2.57. The summed E-state index contributed by atoms with van der Waals surface area (Å²) in [5, 5.41) is 7.26. The molecule has 2 saturated carbocycles. The first-order chi connectivity index (χ1) is 6.89. The van der Waals surface area contributed by atoms with Gasteiger partial charge in [-0.1, -0.05) is 12.8 Å². The molecule has 0 radical (unpaired) electrons. The molecule has 1 saturated heterocycles. The standard InChI is InChI=1S/C12H22N2/c1-2-6-12(5-1)7-3-11(12)14-9-10-4-8-13-10/h10-11,13-14H,1-9H2. The van der Waals surface area contributed by atoms with Crippen molar-refractivity contribution in [3.8, 4) is 0 Å². The summed E-state index contributed by atoms with van der Waals surface area (Å²) in [4.78, 5) is 0. The highest BCUT2D eigenvalue weighted by molar-refractivity contribution is 5.03. The van der Waals surface area contributed by atoms with Gasteiger partial charge in [0.2, 0.25) is 0 Å². The van der Waals surface area contributed by atoms with E-state index < -0.39 is 0 Å². The molecule has 2 atom stereocenters. The van der Waals surface area contributed by atoms with Gasteiger partial charge >= 0.3 is 0 Å². The van der Waals surface area contributed by atoms with E-state index in [1.54, 1.807) is 0 Å². The summed E-state index contributed by atoms with van der Waals surface area (Å²) in [6, 6.07) is 1.65. The summed E-state index contributed by atoms with van der Waals surface area (Å²) in [5.41, 5.74) is 0.754. The summed E-state index contributed by atoms with van der Waals surface area (Å²) in [6.45, 7) is 2.45. The van der Waals surface area contributed by atoms with Crippen LogP contribution in [0.1, 0.15) is 44.9 Å². The fraction of sp³-hybridized carbons (Fsp3) is 1.00. The van der Waals surface area contributed by atoms with Gasteiger partial charge in [0.05, 0.1) is 0 Å². The SMILES string of the molecule is C1CCC2(C1)CCC2NCC1CCN1. The maximum atomic E-state index is 3.79. The molecular formula is C12H22N2. The quantitative estimate of drug-likeness (QED) is 0.714.